The fraction of sp³-hybridized carbons (Fsp3) is 0.625. The number of rotatable bonds is 7. The molecule has 0 radical (unpaired) electrons. The van der Waals surface area contributed by atoms with E-state index in [9.17, 15) is 0 Å². The largest absolute Gasteiger partial charge is 0.309 e. The quantitative estimate of drug-likeness (QED) is 0.854. The Morgan fingerprint density at radius 2 is 2.29 bits per heavy atom. The third-order valence-corrected chi connectivity index (χ3v) is 5.43. The Morgan fingerprint density at radius 3 is 3.05 bits per heavy atom. The zero-order chi connectivity index (χ0) is 14.7. The van der Waals surface area contributed by atoms with Crippen LogP contribution < -0.4 is 5.32 Å². The summed E-state index contributed by atoms with van der Waals surface area (Å²) in [5.74, 6) is 1.09. The standard InChI is InChI=1S/C16H24N4S/c1-3-8-20-16(18-11-19-20)10-13(17-4-2)15-9-12-6-5-7-14(12)21-15/h9,11,13,17H,3-8,10H2,1-2H3. The predicted octanol–water partition coefficient (Wildman–Crippen LogP) is 3.13. The van der Waals surface area contributed by atoms with E-state index in [1.807, 2.05) is 16.0 Å². The van der Waals surface area contributed by atoms with Gasteiger partial charge in [-0.2, -0.15) is 5.10 Å². The lowest BCUT2D eigenvalue weighted by Gasteiger charge is -2.16. The lowest BCUT2D eigenvalue weighted by atomic mass is 10.1. The summed E-state index contributed by atoms with van der Waals surface area (Å²) in [5, 5.41) is 7.97. The highest BCUT2D eigenvalue weighted by molar-refractivity contribution is 7.12. The highest BCUT2D eigenvalue weighted by atomic mass is 32.1. The molecule has 0 saturated heterocycles. The van der Waals surface area contributed by atoms with Crippen LogP contribution in [0, 0.1) is 0 Å². The van der Waals surface area contributed by atoms with Gasteiger partial charge in [-0.15, -0.1) is 11.3 Å². The number of likely N-dealkylation sites (N-methyl/N-ethyl adjacent to an activating group) is 1. The van der Waals surface area contributed by atoms with Crippen molar-refractivity contribution in [1.82, 2.24) is 20.1 Å². The van der Waals surface area contributed by atoms with E-state index in [-0.39, 0.29) is 0 Å². The van der Waals surface area contributed by atoms with Crippen molar-refractivity contribution in [3.8, 4) is 0 Å². The highest BCUT2D eigenvalue weighted by Crippen LogP contribution is 2.34. The van der Waals surface area contributed by atoms with Crippen LogP contribution in [0.25, 0.3) is 0 Å². The fourth-order valence-electron chi connectivity index (χ4n) is 3.07. The number of hydrogen-bond donors (Lipinski definition) is 1. The molecule has 0 saturated carbocycles. The van der Waals surface area contributed by atoms with Crippen LogP contribution in [0.2, 0.25) is 0 Å². The molecule has 21 heavy (non-hydrogen) atoms. The van der Waals surface area contributed by atoms with Crippen LogP contribution in [0.15, 0.2) is 12.4 Å². The molecular formula is C16H24N4S. The van der Waals surface area contributed by atoms with E-state index < -0.39 is 0 Å². The van der Waals surface area contributed by atoms with Crippen LogP contribution >= 0.6 is 11.3 Å². The van der Waals surface area contributed by atoms with Crippen LogP contribution in [0.5, 0.6) is 0 Å². The third kappa shape index (κ3) is 3.19. The van der Waals surface area contributed by atoms with E-state index in [0.29, 0.717) is 6.04 Å². The van der Waals surface area contributed by atoms with Gasteiger partial charge in [-0.25, -0.2) is 4.98 Å². The Hall–Kier alpha value is -1.20. The van der Waals surface area contributed by atoms with E-state index in [2.05, 4.69) is 35.3 Å². The van der Waals surface area contributed by atoms with E-state index in [4.69, 9.17) is 0 Å². The first-order chi connectivity index (χ1) is 10.3. The summed E-state index contributed by atoms with van der Waals surface area (Å²) in [6, 6.07) is 2.78. The molecule has 1 atom stereocenters. The molecule has 3 rings (SSSR count). The Labute approximate surface area is 130 Å². The average molecular weight is 304 g/mol. The van der Waals surface area contributed by atoms with Gasteiger partial charge < -0.3 is 5.32 Å². The molecule has 5 heteroatoms. The van der Waals surface area contributed by atoms with Crippen molar-refractivity contribution < 1.29 is 0 Å². The molecule has 0 aromatic carbocycles. The number of aromatic nitrogens is 3. The minimum atomic E-state index is 0.366. The zero-order valence-corrected chi connectivity index (χ0v) is 13.7. The average Bonchev–Trinajstić information content (AvgIpc) is 3.14. The number of nitrogens with one attached hydrogen (secondary N) is 1. The fourth-order valence-corrected chi connectivity index (χ4v) is 4.40. The Kier molecular flexibility index (Phi) is 4.70. The van der Waals surface area contributed by atoms with Crippen molar-refractivity contribution in [3.63, 3.8) is 0 Å². The summed E-state index contributed by atoms with van der Waals surface area (Å²) >= 11 is 1.99. The van der Waals surface area contributed by atoms with Gasteiger partial charge in [0.25, 0.3) is 0 Å². The first-order valence-electron chi connectivity index (χ1n) is 8.03. The monoisotopic (exact) mass is 304 g/mol. The first-order valence-corrected chi connectivity index (χ1v) is 8.85. The number of thiophene rings is 1. The SMILES string of the molecule is CCCn1ncnc1CC(NCC)c1cc2c(s1)CCC2. The van der Waals surface area contributed by atoms with Gasteiger partial charge in [-0.3, -0.25) is 4.68 Å². The van der Waals surface area contributed by atoms with Crippen molar-refractivity contribution in [2.24, 2.45) is 0 Å². The van der Waals surface area contributed by atoms with Crippen molar-refractivity contribution in [3.05, 3.63) is 33.5 Å². The molecule has 2 heterocycles. The number of aryl methyl sites for hydroxylation is 3. The first kappa shape index (κ1) is 14.7. The predicted molar refractivity (Wildman–Crippen MR) is 86.8 cm³/mol. The van der Waals surface area contributed by atoms with Crippen LogP contribution in [-0.2, 0) is 25.8 Å². The third-order valence-electron chi connectivity index (χ3n) is 4.08. The van der Waals surface area contributed by atoms with Crippen LogP contribution in [0.4, 0.5) is 0 Å². The summed E-state index contributed by atoms with van der Waals surface area (Å²) < 4.78 is 2.05. The second-order valence-corrected chi connectivity index (χ2v) is 6.83. The van der Waals surface area contributed by atoms with Gasteiger partial charge in [0, 0.05) is 28.8 Å². The second-order valence-electron chi connectivity index (χ2n) is 5.66. The van der Waals surface area contributed by atoms with E-state index in [0.717, 1.165) is 31.8 Å². The van der Waals surface area contributed by atoms with Gasteiger partial charge in [-0.05, 0) is 43.9 Å². The maximum Gasteiger partial charge on any atom is 0.138 e. The van der Waals surface area contributed by atoms with Crippen LogP contribution in [0.1, 0.15) is 53.9 Å². The molecule has 2 aromatic rings. The molecule has 1 aliphatic carbocycles. The summed E-state index contributed by atoms with van der Waals surface area (Å²) in [4.78, 5) is 7.53. The van der Waals surface area contributed by atoms with Gasteiger partial charge in [0.1, 0.15) is 12.2 Å². The maximum atomic E-state index is 4.46. The van der Waals surface area contributed by atoms with Crippen molar-refractivity contribution in [2.75, 3.05) is 6.54 Å². The van der Waals surface area contributed by atoms with Crippen LogP contribution in [-0.4, -0.2) is 21.3 Å². The minimum absolute atomic E-state index is 0.366. The molecule has 0 fully saturated rings. The Bertz CT molecular complexity index is 565. The van der Waals surface area contributed by atoms with Gasteiger partial charge in [0.2, 0.25) is 0 Å². The van der Waals surface area contributed by atoms with Crippen molar-refractivity contribution in [2.45, 2.75) is 58.5 Å². The van der Waals surface area contributed by atoms with Gasteiger partial charge in [0.15, 0.2) is 0 Å². The van der Waals surface area contributed by atoms with Crippen molar-refractivity contribution in [1.29, 1.82) is 0 Å². The summed E-state index contributed by atoms with van der Waals surface area (Å²) in [5.41, 5.74) is 1.58. The normalized spacial score (nSPS) is 15.3. The van der Waals surface area contributed by atoms with E-state index >= 15 is 0 Å². The molecule has 4 nitrogen and oxygen atoms in total. The smallest absolute Gasteiger partial charge is 0.138 e. The van der Waals surface area contributed by atoms with E-state index in [1.54, 1.807) is 16.8 Å². The number of hydrogen-bond acceptors (Lipinski definition) is 4. The molecule has 2 aromatic heterocycles. The summed E-state index contributed by atoms with van der Waals surface area (Å²) in [7, 11) is 0. The molecule has 0 amide bonds. The zero-order valence-electron chi connectivity index (χ0n) is 12.9. The molecule has 0 aliphatic heterocycles. The molecule has 114 valence electrons. The summed E-state index contributed by atoms with van der Waals surface area (Å²) in [6.07, 6.45) is 7.56. The maximum absolute atomic E-state index is 4.46. The van der Waals surface area contributed by atoms with Crippen molar-refractivity contribution >= 4 is 11.3 Å². The summed E-state index contributed by atoms with van der Waals surface area (Å²) in [6.45, 7) is 6.28. The highest BCUT2D eigenvalue weighted by Gasteiger charge is 2.21. The Morgan fingerprint density at radius 1 is 1.38 bits per heavy atom. The topological polar surface area (TPSA) is 42.7 Å². The van der Waals surface area contributed by atoms with Gasteiger partial charge >= 0.3 is 0 Å². The number of fused-ring (bicyclic) bond motifs is 1. The number of nitrogens with zero attached hydrogens (tertiary/aromatic N) is 3. The van der Waals surface area contributed by atoms with E-state index in [1.165, 1.54) is 24.1 Å². The lowest BCUT2D eigenvalue weighted by molar-refractivity contribution is 0.503. The molecule has 0 spiro atoms. The van der Waals surface area contributed by atoms with Gasteiger partial charge in [-0.1, -0.05) is 13.8 Å². The lowest BCUT2D eigenvalue weighted by Crippen LogP contribution is -2.24. The molecule has 1 aliphatic rings. The van der Waals surface area contributed by atoms with Crippen LogP contribution in [0.3, 0.4) is 0 Å². The molecular weight excluding hydrogens is 280 g/mol. The molecule has 1 N–H and O–H groups in total. The molecule has 0 bridgehead atoms. The van der Waals surface area contributed by atoms with Gasteiger partial charge in [0.05, 0.1) is 0 Å². The minimum Gasteiger partial charge on any atom is -0.309 e. The molecule has 1 unspecified atom stereocenters. The second kappa shape index (κ2) is 6.71. The Balaban J connectivity index is 1.78.